The third kappa shape index (κ3) is 2.57. The number of aryl methyl sites for hydroxylation is 2. The summed E-state index contributed by atoms with van der Waals surface area (Å²) in [7, 11) is 0. The Morgan fingerprint density at radius 1 is 0.950 bits per heavy atom. The van der Waals surface area contributed by atoms with Crippen LogP contribution >= 0.6 is 0 Å². The SMILES string of the molecule is Cc1cnc(C)c(N2CCN(c3ccccn3)CC2)n1. The molecule has 5 heteroatoms. The molecule has 1 saturated heterocycles. The van der Waals surface area contributed by atoms with E-state index in [1.165, 1.54) is 0 Å². The minimum Gasteiger partial charge on any atom is -0.353 e. The summed E-state index contributed by atoms with van der Waals surface area (Å²) in [6.07, 6.45) is 3.67. The van der Waals surface area contributed by atoms with Gasteiger partial charge in [0.05, 0.1) is 11.4 Å². The minimum atomic E-state index is 0.954. The van der Waals surface area contributed by atoms with Crippen LogP contribution in [0.3, 0.4) is 0 Å². The number of nitrogens with zero attached hydrogens (tertiary/aromatic N) is 5. The molecule has 0 N–H and O–H groups in total. The van der Waals surface area contributed by atoms with Crippen LogP contribution in [0.2, 0.25) is 0 Å². The molecule has 2 aromatic heterocycles. The van der Waals surface area contributed by atoms with E-state index in [4.69, 9.17) is 0 Å². The van der Waals surface area contributed by atoms with Crippen LogP contribution in [0.5, 0.6) is 0 Å². The van der Waals surface area contributed by atoms with E-state index in [1.807, 2.05) is 38.4 Å². The van der Waals surface area contributed by atoms with Crippen LogP contribution in [-0.2, 0) is 0 Å². The first-order valence-corrected chi connectivity index (χ1v) is 6.95. The Labute approximate surface area is 119 Å². The van der Waals surface area contributed by atoms with Gasteiger partial charge in [-0.1, -0.05) is 6.07 Å². The molecule has 0 bridgehead atoms. The number of rotatable bonds is 2. The van der Waals surface area contributed by atoms with Gasteiger partial charge in [-0.2, -0.15) is 0 Å². The van der Waals surface area contributed by atoms with E-state index in [-0.39, 0.29) is 0 Å². The van der Waals surface area contributed by atoms with Gasteiger partial charge in [0.2, 0.25) is 0 Å². The molecule has 1 aliphatic heterocycles. The van der Waals surface area contributed by atoms with Crippen LogP contribution in [0.1, 0.15) is 11.4 Å². The summed E-state index contributed by atoms with van der Waals surface area (Å²) in [5.41, 5.74) is 1.97. The van der Waals surface area contributed by atoms with E-state index in [0.717, 1.165) is 49.2 Å². The summed E-state index contributed by atoms with van der Waals surface area (Å²) in [4.78, 5) is 18.1. The molecule has 3 heterocycles. The Balaban J connectivity index is 1.71. The Morgan fingerprint density at radius 2 is 1.70 bits per heavy atom. The number of aromatic nitrogens is 3. The highest BCUT2D eigenvalue weighted by Crippen LogP contribution is 2.19. The maximum Gasteiger partial charge on any atom is 0.150 e. The fourth-order valence-corrected chi connectivity index (χ4v) is 2.51. The summed E-state index contributed by atoms with van der Waals surface area (Å²) >= 11 is 0. The van der Waals surface area contributed by atoms with Crippen LogP contribution in [0.15, 0.2) is 30.6 Å². The van der Waals surface area contributed by atoms with Crippen LogP contribution in [-0.4, -0.2) is 41.1 Å². The van der Waals surface area contributed by atoms with E-state index < -0.39 is 0 Å². The van der Waals surface area contributed by atoms with Gasteiger partial charge < -0.3 is 9.80 Å². The molecule has 0 spiro atoms. The van der Waals surface area contributed by atoms with Gasteiger partial charge >= 0.3 is 0 Å². The molecule has 3 rings (SSSR count). The molecule has 0 radical (unpaired) electrons. The molecule has 0 aromatic carbocycles. The van der Waals surface area contributed by atoms with Crippen LogP contribution in [0.25, 0.3) is 0 Å². The smallest absolute Gasteiger partial charge is 0.150 e. The number of anilines is 2. The highest BCUT2D eigenvalue weighted by molar-refractivity contribution is 5.47. The van der Waals surface area contributed by atoms with Crippen molar-refractivity contribution in [3.63, 3.8) is 0 Å². The van der Waals surface area contributed by atoms with Crippen molar-refractivity contribution >= 4 is 11.6 Å². The lowest BCUT2D eigenvalue weighted by molar-refractivity contribution is 0.638. The second-order valence-corrected chi connectivity index (χ2v) is 5.08. The van der Waals surface area contributed by atoms with Crippen LogP contribution in [0, 0.1) is 13.8 Å². The molecule has 0 unspecified atom stereocenters. The standard InChI is InChI=1S/C15H19N5/c1-12-11-17-13(2)15(18-12)20-9-7-19(8-10-20)14-5-3-4-6-16-14/h3-6,11H,7-10H2,1-2H3. The zero-order chi connectivity index (χ0) is 13.9. The monoisotopic (exact) mass is 269 g/mol. The molecule has 1 aliphatic rings. The van der Waals surface area contributed by atoms with Crippen molar-refractivity contribution in [3.8, 4) is 0 Å². The zero-order valence-corrected chi connectivity index (χ0v) is 12.0. The third-order valence-electron chi connectivity index (χ3n) is 3.60. The Kier molecular flexibility index (Phi) is 3.50. The van der Waals surface area contributed by atoms with Crippen LogP contribution < -0.4 is 9.80 Å². The first-order chi connectivity index (χ1) is 9.74. The molecule has 104 valence electrons. The van der Waals surface area contributed by atoms with Gasteiger partial charge in [-0.05, 0) is 26.0 Å². The summed E-state index contributed by atoms with van der Waals surface area (Å²) in [5, 5.41) is 0. The van der Waals surface area contributed by atoms with Gasteiger partial charge in [0, 0.05) is 38.6 Å². The van der Waals surface area contributed by atoms with Crippen molar-refractivity contribution in [3.05, 3.63) is 42.0 Å². The van der Waals surface area contributed by atoms with Gasteiger partial charge in [0.1, 0.15) is 11.6 Å². The topological polar surface area (TPSA) is 45.2 Å². The largest absolute Gasteiger partial charge is 0.353 e. The molecular weight excluding hydrogens is 250 g/mol. The lowest BCUT2D eigenvalue weighted by Gasteiger charge is -2.36. The summed E-state index contributed by atoms with van der Waals surface area (Å²) in [5.74, 6) is 2.07. The molecule has 0 aliphatic carbocycles. The normalized spacial score (nSPS) is 15.5. The number of piperazine rings is 1. The summed E-state index contributed by atoms with van der Waals surface area (Å²) in [6, 6.07) is 6.05. The molecule has 0 amide bonds. The second-order valence-electron chi connectivity index (χ2n) is 5.08. The fourth-order valence-electron chi connectivity index (χ4n) is 2.51. The molecule has 5 nitrogen and oxygen atoms in total. The average molecular weight is 269 g/mol. The Hall–Kier alpha value is -2.17. The highest BCUT2D eigenvalue weighted by Gasteiger charge is 2.20. The molecule has 0 saturated carbocycles. The van der Waals surface area contributed by atoms with Crippen molar-refractivity contribution in [1.29, 1.82) is 0 Å². The van der Waals surface area contributed by atoms with Crippen molar-refractivity contribution < 1.29 is 0 Å². The van der Waals surface area contributed by atoms with Crippen molar-refractivity contribution in [2.45, 2.75) is 13.8 Å². The van der Waals surface area contributed by atoms with Crippen molar-refractivity contribution in [2.24, 2.45) is 0 Å². The zero-order valence-electron chi connectivity index (χ0n) is 12.0. The second kappa shape index (κ2) is 5.45. The van der Waals surface area contributed by atoms with Gasteiger partial charge in [-0.3, -0.25) is 4.98 Å². The molecule has 1 fully saturated rings. The number of hydrogen-bond donors (Lipinski definition) is 0. The predicted octanol–water partition coefficient (Wildman–Crippen LogP) is 1.82. The summed E-state index contributed by atoms with van der Waals surface area (Å²) in [6.45, 7) is 7.84. The van der Waals surface area contributed by atoms with Crippen LogP contribution in [0.4, 0.5) is 11.6 Å². The van der Waals surface area contributed by atoms with Gasteiger partial charge in [-0.15, -0.1) is 0 Å². The first kappa shape index (κ1) is 12.8. The minimum absolute atomic E-state index is 0.954. The third-order valence-corrected chi connectivity index (χ3v) is 3.60. The van der Waals surface area contributed by atoms with E-state index in [0.29, 0.717) is 0 Å². The van der Waals surface area contributed by atoms with E-state index in [9.17, 15) is 0 Å². The van der Waals surface area contributed by atoms with Gasteiger partial charge in [0.25, 0.3) is 0 Å². The van der Waals surface area contributed by atoms with E-state index in [1.54, 1.807) is 0 Å². The molecular formula is C15H19N5. The summed E-state index contributed by atoms with van der Waals surface area (Å²) < 4.78 is 0. The predicted molar refractivity (Wildman–Crippen MR) is 80.2 cm³/mol. The maximum atomic E-state index is 4.62. The fraction of sp³-hybridized carbons (Fsp3) is 0.400. The van der Waals surface area contributed by atoms with Gasteiger partial charge in [0.15, 0.2) is 0 Å². The van der Waals surface area contributed by atoms with E-state index in [2.05, 4.69) is 30.8 Å². The lowest BCUT2D eigenvalue weighted by Crippen LogP contribution is -2.47. The maximum absolute atomic E-state index is 4.62. The molecule has 2 aromatic rings. The molecule has 20 heavy (non-hydrogen) atoms. The van der Waals surface area contributed by atoms with Gasteiger partial charge in [-0.25, -0.2) is 9.97 Å². The quantitative estimate of drug-likeness (QED) is 0.832. The lowest BCUT2D eigenvalue weighted by atomic mass is 10.2. The number of pyridine rings is 1. The first-order valence-electron chi connectivity index (χ1n) is 6.95. The Bertz CT molecular complexity index is 576. The Morgan fingerprint density at radius 3 is 2.40 bits per heavy atom. The average Bonchev–Trinajstić information content (AvgIpc) is 2.51. The van der Waals surface area contributed by atoms with Crippen molar-refractivity contribution in [2.75, 3.05) is 36.0 Å². The van der Waals surface area contributed by atoms with Crippen molar-refractivity contribution in [1.82, 2.24) is 15.0 Å². The molecule has 0 atom stereocenters. The number of hydrogen-bond acceptors (Lipinski definition) is 5. The van der Waals surface area contributed by atoms with E-state index >= 15 is 0 Å². The highest BCUT2D eigenvalue weighted by atomic mass is 15.3.